The molecule has 0 radical (unpaired) electrons. The Hall–Kier alpha value is -1.03. The molecule has 4 heteroatoms. The molecule has 1 aliphatic rings. The molecule has 0 unspecified atom stereocenters. The van der Waals surface area contributed by atoms with Crippen LogP contribution in [0.1, 0.15) is 12.8 Å². The van der Waals surface area contributed by atoms with Gasteiger partial charge in [0.25, 0.3) is 0 Å². The lowest BCUT2D eigenvalue weighted by Gasteiger charge is -1.99. The van der Waals surface area contributed by atoms with E-state index >= 15 is 0 Å². The summed E-state index contributed by atoms with van der Waals surface area (Å²) in [5, 5.41) is 12.7. The van der Waals surface area contributed by atoms with Crippen molar-refractivity contribution >= 4 is 0 Å². The molecular formula is C9H14N2O2. The molecule has 0 spiro atoms. The fourth-order valence-corrected chi connectivity index (χ4v) is 1.14. The Labute approximate surface area is 77.1 Å². The van der Waals surface area contributed by atoms with Crippen LogP contribution >= 0.6 is 0 Å². The molecule has 1 heterocycles. The first-order chi connectivity index (χ1) is 6.38. The Morgan fingerprint density at radius 2 is 2.46 bits per heavy atom. The van der Waals surface area contributed by atoms with E-state index in [0.717, 1.165) is 18.3 Å². The van der Waals surface area contributed by atoms with Gasteiger partial charge in [-0.2, -0.15) is 5.10 Å². The van der Waals surface area contributed by atoms with Gasteiger partial charge >= 0.3 is 0 Å². The zero-order valence-electron chi connectivity index (χ0n) is 7.52. The van der Waals surface area contributed by atoms with Crippen LogP contribution in [-0.2, 0) is 6.54 Å². The number of aliphatic hydroxyl groups excluding tert-OH is 1. The molecule has 1 aliphatic carbocycles. The minimum absolute atomic E-state index is 0.115. The molecule has 0 bridgehead atoms. The summed E-state index contributed by atoms with van der Waals surface area (Å²) in [6, 6.07) is 0. The summed E-state index contributed by atoms with van der Waals surface area (Å²) < 4.78 is 7.17. The number of hydrogen-bond donors (Lipinski definition) is 1. The van der Waals surface area contributed by atoms with Crippen molar-refractivity contribution < 1.29 is 9.84 Å². The second kappa shape index (κ2) is 3.79. The van der Waals surface area contributed by atoms with Gasteiger partial charge in [-0.15, -0.1) is 0 Å². The van der Waals surface area contributed by atoms with E-state index in [1.807, 2.05) is 6.20 Å². The molecule has 0 aliphatic heterocycles. The SMILES string of the molecule is OCCn1cc(OCC2CC2)cn1. The highest BCUT2D eigenvalue weighted by atomic mass is 16.5. The second-order valence-electron chi connectivity index (χ2n) is 3.42. The van der Waals surface area contributed by atoms with Crippen molar-refractivity contribution in [2.24, 2.45) is 5.92 Å². The first-order valence-electron chi connectivity index (χ1n) is 4.64. The zero-order chi connectivity index (χ0) is 9.10. The van der Waals surface area contributed by atoms with Gasteiger partial charge in [-0.1, -0.05) is 0 Å². The van der Waals surface area contributed by atoms with Crippen LogP contribution in [0, 0.1) is 5.92 Å². The Morgan fingerprint density at radius 1 is 1.62 bits per heavy atom. The number of aromatic nitrogens is 2. The maximum atomic E-state index is 8.66. The van der Waals surface area contributed by atoms with E-state index < -0.39 is 0 Å². The van der Waals surface area contributed by atoms with Gasteiger partial charge < -0.3 is 9.84 Å². The van der Waals surface area contributed by atoms with Crippen LogP contribution in [0.2, 0.25) is 0 Å². The minimum atomic E-state index is 0.115. The third-order valence-corrected chi connectivity index (χ3v) is 2.12. The summed E-state index contributed by atoms with van der Waals surface area (Å²) in [5.74, 6) is 1.57. The van der Waals surface area contributed by atoms with Crippen LogP contribution in [0.25, 0.3) is 0 Å². The smallest absolute Gasteiger partial charge is 0.157 e. The summed E-state index contributed by atoms with van der Waals surface area (Å²) in [5.41, 5.74) is 0. The molecule has 2 rings (SSSR count). The molecule has 0 atom stereocenters. The quantitative estimate of drug-likeness (QED) is 0.727. The molecule has 0 saturated heterocycles. The molecule has 4 nitrogen and oxygen atoms in total. The highest BCUT2D eigenvalue weighted by molar-refractivity contribution is 5.11. The Bertz CT molecular complexity index is 268. The van der Waals surface area contributed by atoms with Crippen molar-refractivity contribution in [3.63, 3.8) is 0 Å². The number of rotatable bonds is 5. The number of ether oxygens (including phenoxy) is 1. The van der Waals surface area contributed by atoms with Gasteiger partial charge in [-0.3, -0.25) is 4.68 Å². The van der Waals surface area contributed by atoms with E-state index in [1.165, 1.54) is 12.8 Å². The van der Waals surface area contributed by atoms with Crippen molar-refractivity contribution in [1.82, 2.24) is 9.78 Å². The van der Waals surface area contributed by atoms with Crippen molar-refractivity contribution in [2.75, 3.05) is 13.2 Å². The van der Waals surface area contributed by atoms with E-state index in [-0.39, 0.29) is 6.61 Å². The molecule has 1 aromatic heterocycles. The Kier molecular flexibility index (Phi) is 2.49. The summed E-state index contributed by atoms with van der Waals surface area (Å²) in [6.45, 7) is 1.46. The van der Waals surface area contributed by atoms with Crippen LogP contribution < -0.4 is 4.74 Å². The van der Waals surface area contributed by atoms with Gasteiger partial charge in [0.2, 0.25) is 0 Å². The van der Waals surface area contributed by atoms with Crippen LogP contribution in [0.4, 0.5) is 0 Å². The van der Waals surface area contributed by atoms with Crippen LogP contribution in [0.3, 0.4) is 0 Å². The van der Waals surface area contributed by atoms with Gasteiger partial charge in [-0.25, -0.2) is 0 Å². The molecule has 13 heavy (non-hydrogen) atoms. The van der Waals surface area contributed by atoms with Gasteiger partial charge in [-0.05, 0) is 18.8 Å². The van der Waals surface area contributed by atoms with Gasteiger partial charge in [0.15, 0.2) is 5.75 Å². The standard InChI is InChI=1S/C9H14N2O2/c12-4-3-11-6-9(5-10-11)13-7-8-1-2-8/h5-6,8,12H,1-4,7H2. The predicted octanol–water partition coefficient (Wildman–Crippen LogP) is 0.664. The molecule has 1 fully saturated rings. The lowest BCUT2D eigenvalue weighted by atomic mass is 10.5. The molecule has 1 saturated carbocycles. The van der Waals surface area contributed by atoms with E-state index in [2.05, 4.69) is 5.10 Å². The normalized spacial score (nSPS) is 16.1. The first kappa shape index (κ1) is 8.56. The monoisotopic (exact) mass is 182 g/mol. The lowest BCUT2D eigenvalue weighted by Crippen LogP contribution is -2.02. The zero-order valence-corrected chi connectivity index (χ0v) is 7.52. The average Bonchev–Trinajstić information content (AvgIpc) is 2.85. The van der Waals surface area contributed by atoms with Crippen molar-refractivity contribution in [3.05, 3.63) is 12.4 Å². The summed E-state index contributed by atoms with van der Waals surface area (Å²) in [7, 11) is 0. The van der Waals surface area contributed by atoms with Crippen LogP contribution in [-0.4, -0.2) is 28.1 Å². The van der Waals surface area contributed by atoms with Gasteiger partial charge in [0.1, 0.15) is 0 Å². The van der Waals surface area contributed by atoms with Gasteiger partial charge in [0.05, 0.1) is 32.2 Å². The highest BCUT2D eigenvalue weighted by Gasteiger charge is 2.21. The topological polar surface area (TPSA) is 47.3 Å². The molecule has 0 amide bonds. The minimum Gasteiger partial charge on any atom is -0.490 e. The predicted molar refractivity (Wildman–Crippen MR) is 47.5 cm³/mol. The van der Waals surface area contributed by atoms with E-state index in [4.69, 9.17) is 9.84 Å². The largest absolute Gasteiger partial charge is 0.490 e. The van der Waals surface area contributed by atoms with Crippen molar-refractivity contribution in [3.8, 4) is 5.75 Å². The second-order valence-corrected chi connectivity index (χ2v) is 3.42. The maximum Gasteiger partial charge on any atom is 0.157 e. The van der Waals surface area contributed by atoms with Crippen molar-refractivity contribution in [1.29, 1.82) is 0 Å². The molecule has 1 N–H and O–H groups in total. The average molecular weight is 182 g/mol. The van der Waals surface area contributed by atoms with Crippen LogP contribution in [0.15, 0.2) is 12.4 Å². The molecule has 72 valence electrons. The third kappa shape index (κ3) is 2.45. The van der Waals surface area contributed by atoms with Crippen LogP contribution in [0.5, 0.6) is 5.75 Å². The molecule has 0 aromatic carbocycles. The fraction of sp³-hybridized carbons (Fsp3) is 0.667. The summed E-state index contributed by atoms with van der Waals surface area (Å²) in [6.07, 6.45) is 6.10. The highest BCUT2D eigenvalue weighted by Crippen LogP contribution is 2.29. The van der Waals surface area contributed by atoms with E-state index in [9.17, 15) is 0 Å². The fourth-order valence-electron chi connectivity index (χ4n) is 1.14. The molecular weight excluding hydrogens is 168 g/mol. The maximum absolute atomic E-state index is 8.66. The number of aliphatic hydroxyl groups is 1. The van der Waals surface area contributed by atoms with E-state index in [1.54, 1.807) is 10.9 Å². The van der Waals surface area contributed by atoms with E-state index in [0.29, 0.717) is 6.54 Å². The number of hydrogen-bond acceptors (Lipinski definition) is 3. The number of nitrogens with zero attached hydrogens (tertiary/aromatic N) is 2. The molecule has 1 aromatic rings. The lowest BCUT2D eigenvalue weighted by molar-refractivity contribution is 0.268. The van der Waals surface area contributed by atoms with Crippen molar-refractivity contribution in [2.45, 2.75) is 19.4 Å². The Balaban J connectivity index is 1.81. The summed E-state index contributed by atoms with van der Waals surface area (Å²) in [4.78, 5) is 0. The summed E-state index contributed by atoms with van der Waals surface area (Å²) >= 11 is 0. The third-order valence-electron chi connectivity index (χ3n) is 2.12. The van der Waals surface area contributed by atoms with Gasteiger partial charge in [0, 0.05) is 0 Å². The first-order valence-corrected chi connectivity index (χ1v) is 4.64. The Morgan fingerprint density at radius 3 is 3.15 bits per heavy atom.